The van der Waals surface area contributed by atoms with Gasteiger partial charge in [-0.25, -0.2) is 4.98 Å². The topological polar surface area (TPSA) is 74.7 Å². The molecule has 0 fully saturated rings. The minimum atomic E-state index is 0.589. The van der Waals surface area contributed by atoms with Crippen molar-refractivity contribution in [2.24, 2.45) is 0 Å². The van der Waals surface area contributed by atoms with Gasteiger partial charge in [-0.2, -0.15) is 5.26 Å². The Morgan fingerprint density at radius 2 is 2.00 bits per heavy atom. The van der Waals surface area contributed by atoms with Gasteiger partial charge in [0.05, 0.1) is 33.7 Å². The number of anilines is 3. The molecule has 1 heterocycles. The SMILES string of the molecule is N#Cc1ccc(Nc2ncc(N)cc2Br)c(Br)c1. The van der Waals surface area contributed by atoms with E-state index in [1.54, 1.807) is 24.4 Å². The molecular formula is C12H8Br2N4. The molecule has 2 rings (SSSR count). The van der Waals surface area contributed by atoms with Gasteiger partial charge in [-0.05, 0) is 56.1 Å². The summed E-state index contributed by atoms with van der Waals surface area (Å²) in [6.45, 7) is 0. The molecule has 0 saturated heterocycles. The van der Waals surface area contributed by atoms with Crippen molar-refractivity contribution in [3.63, 3.8) is 0 Å². The number of nitrogens with two attached hydrogens (primary N) is 1. The van der Waals surface area contributed by atoms with Gasteiger partial charge >= 0.3 is 0 Å². The van der Waals surface area contributed by atoms with Gasteiger partial charge in [0.2, 0.25) is 0 Å². The van der Waals surface area contributed by atoms with E-state index in [1.807, 2.05) is 6.07 Å². The first-order valence-electron chi connectivity index (χ1n) is 4.98. The Kier molecular flexibility index (Phi) is 3.84. The third kappa shape index (κ3) is 2.81. The molecule has 1 aromatic carbocycles. The van der Waals surface area contributed by atoms with Gasteiger partial charge in [0.15, 0.2) is 0 Å². The Morgan fingerprint density at radius 1 is 1.22 bits per heavy atom. The van der Waals surface area contributed by atoms with Gasteiger partial charge in [0, 0.05) is 4.47 Å². The van der Waals surface area contributed by atoms with Crippen LogP contribution in [0.1, 0.15) is 5.56 Å². The predicted octanol–water partition coefficient (Wildman–Crippen LogP) is 3.80. The van der Waals surface area contributed by atoms with E-state index >= 15 is 0 Å². The number of nitrogens with zero attached hydrogens (tertiary/aromatic N) is 2. The van der Waals surface area contributed by atoms with Gasteiger partial charge in [0.1, 0.15) is 5.82 Å². The molecule has 2 aromatic rings. The lowest BCUT2D eigenvalue weighted by atomic mass is 10.2. The Bertz CT molecular complexity index is 634. The van der Waals surface area contributed by atoms with E-state index in [1.165, 1.54) is 0 Å². The van der Waals surface area contributed by atoms with E-state index in [0.29, 0.717) is 17.1 Å². The lowest BCUT2D eigenvalue weighted by molar-refractivity contribution is 1.29. The molecule has 0 atom stereocenters. The zero-order chi connectivity index (χ0) is 13.1. The third-order valence-electron chi connectivity index (χ3n) is 2.21. The van der Waals surface area contributed by atoms with Crippen molar-refractivity contribution in [2.75, 3.05) is 11.1 Å². The van der Waals surface area contributed by atoms with Gasteiger partial charge in [-0.1, -0.05) is 0 Å². The maximum absolute atomic E-state index is 8.79. The maximum Gasteiger partial charge on any atom is 0.144 e. The highest BCUT2D eigenvalue weighted by Crippen LogP contribution is 2.30. The van der Waals surface area contributed by atoms with E-state index in [4.69, 9.17) is 11.0 Å². The van der Waals surface area contributed by atoms with Crippen molar-refractivity contribution in [3.05, 3.63) is 45.0 Å². The molecule has 18 heavy (non-hydrogen) atoms. The number of benzene rings is 1. The van der Waals surface area contributed by atoms with Crippen LogP contribution < -0.4 is 11.1 Å². The molecule has 0 spiro atoms. The second-order valence-electron chi connectivity index (χ2n) is 3.53. The van der Waals surface area contributed by atoms with Crippen LogP contribution in [0, 0.1) is 11.3 Å². The Balaban J connectivity index is 2.32. The number of aromatic nitrogens is 1. The third-order valence-corrected chi connectivity index (χ3v) is 3.47. The number of rotatable bonds is 2. The molecular weight excluding hydrogens is 360 g/mol. The van der Waals surface area contributed by atoms with Gasteiger partial charge < -0.3 is 11.1 Å². The molecule has 0 bridgehead atoms. The van der Waals surface area contributed by atoms with E-state index in [2.05, 4.69) is 48.2 Å². The number of nitrogens with one attached hydrogen (secondary N) is 1. The number of hydrogen-bond donors (Lipinski definition) is 2. The summed E-state index contributed by atoms with van der Waals surface area (Å²) in [4.78, 5) is 4.19. The van der Waals surface area contributed by atoms with Crippen LogP contribution in [0.2, 0.25) is 0 Å². The lowest BCUT2D eigenvalue weighted by Crippen LogP contribution is -1.97. The van der Waals surface area contributed by atoms with Crippen LogP contribution in [0.25, 0.3) is 0 Å². The summed E-state index contributed by atoms with van der Waals surface area (Å²) in [5, 5.41) is 11.9. The second-order valence-corrected chi connectivity index (χ2v) is 5.24. The van der Waals surface area contributed by atoms with Crippen LogP contribution in [0.5, 0.6) is 0 Å². The van der Waals surface area contributed by atoms with Crippen molar-refractivity contribution in [3.8, 4) is 6.07 Å². The van der Waals surface area contributed by atoms with Crippen LogP contribution in [-0.2, 0) is 0 Å². The van der Waals surface area contributed by atoms with Crippen LogP contribution in [0.3, 0.4) is 0 Å². The highest BCUT2D eigenvalue weighted by Gasteiger charge is 2.06. The minimum Gasteiger partial charge on any atom is -0.397 e. The van der Waals surface area contributed by atoms with Crippen molar-refractivity contribution in [1.29, 1.82) is 5.26 Å². The molecule has 1 aromatic heterocycles. The fourth-order valence-electron chi connectivity index (χ4n) is 1.36. The number of nitrogen functional groups attached to an aromatic ring is 1. The summed E-state index contributed by atoms with van der Waals surface area (Å²) in [5.74, 6) is 0.662. The molecule has 0 saturated carbocycles. The van der Waals surface area contributed by atoms with Crippen LogP contribution in [0.4, 0.5) is 17.2 Å². The largest absolute Gasteiger partial charge is 0.397 e. The molecule has 0 amide bonds. The molecule has 90 valence electrons. The molecule has 0 aliphatic heterocycles. The molecule has 0 radical (unpaired) electrons. The first kappa shape index (κ1) is 12.9. The Hall–Kier alpha value is -1.58. The molecule has 0 aliphatic rings. The van der Waals surface area contributed by atoms with Gasteiger partial charge in [0.25, 0.3) is 0 Å². The summed E-state index contributed by atoms with van der Waals surface area (Å²) < 4.78 is 1.57. The van der Waals surface area contributed by atoms with E-state index in [-0.39, 0.29) is 0 Å². The first-order chi connectivity index (χ1) is 8.60. The summed E-state index contributed by atoms with van der Waals surface area (Å²) in [7, 11) is 0. The van der Waals surface area contributed by atoms with E-state index < -0.39 is 0 Å². The number of nitriles is 1. The zero-order valence-corrected chi connectivity index (χ0v) is 12.3. The van der Waals surface area contributed by atoms with Crippen molar-refractivity contribution in [1.82, 2.24) is 4.98 Å². The maximum atomic E-state index is 8.79. The van der Waals surface area contributed by atoms with Crippen LogP contribution in [-0.4, -0.2) is 4.98 Å². The van der Waals surface area contributed by atoms with Crippen molar-refractivity contribution in [2.45, 2.75) is 0 Å². The molecule has 6 heteroatoms. The predicted molar refractivity (Wildman–Crippen MR) is 78.5 cm³/mol. The second kappa shape index (κ2) is 5.38. The normalized spacial score (nSPS) is 9.83. The highest BCUT2D eigenvalue weighted by atomic mass is 79.9. The molecule has 3 N–H and O–H groups in total. The smallest absolute Gasteiger partial charge is 0.144 e. The number of halogens is 2. The highest BCUT2D eigenvalue weighted by molar-refractivity contribution is 9.11. The zero-order valence-electron chi connectivity index (χ0n) is 9.11. The Labute approximate surface area is 121 Å². The average Bonchev–Trinajstić information content (AvgIpc) is 2.34. The van der Waals surface area contributed by atoms with E-state index in [9.17, 15) is 0 Å². The van der Waals surface area contributed by atoms with Crippen LogP contribution in [0.15, 0.2) is 39.4 Å². The molecule has 0 unspecified atom stereocenters. The fourth-order valence-corrected chi connectivity index (χ4v) is 2.30. The summed E-state index contributed by atoms with van der Waals surface area (Å²) in [6, 6.07) is 9.14. The average molecular weight is 368 g/mol. The Morgan fingerprint density at radius 3 is 2.61 bits per heavy atom. The first-order valence-corrected chi connectivity index (χ1v) is 6.56. The molecule has 0 aliphatic carbocycles. The van der Waals surface area contributed by atoms with Crippen molar-refractivity contribution < 1.29 is 0 Å². The lowest BCUT2D eigenvalue weighted by Gasteiger charge is -2.09. The van der Waals surface area contributed by atoms with Gasteiger partial charge in [-0.3, -0.25) is 0 Å². The van der Waals surface area contributed by atoms with Crippen LogP contribution >= 0.6 is 31.9 Å². The van der Waals surface area contributed by atoms with Crippen molar-refractivity contribution >= 4 is 49.1 Å². The monoisotopic (exact) mass is 366 g/mol. The summed E-state index contributed by atoms with van der Waals surface area (Å²) in [6.07, 6.45) is 1.57. The quantitative estimate of drug-likeness (QED) is 0.846. The summed E-state index contributed by atoms with van der Waals surface area (Å²) in [5.41, 5.74) is 7.63. The number of hydrogen-bond acceptors (Lipinski definition) is 4. The fraction of sp³-hybridized carbons (Fsp3) is 0. The number of pyridine rings is 1. The molecule has 4 nitrogen and oxygen atoms in total. The van der Waals surface area contributed by atoms with E-state index in [0.717, 1.165) is 14.6 Å². The standard InChI is InChI=1S/C12H8Br2N4/c13-9-3-7(5-15)1-2-11(9)18-12-10(14)4-8(16)6-17-12/h1-4,6H,16H2,(H,17,18). The summed E-state index contributed by atoms with van der Waals surface area (Å²) >= 11 is 6.79. The minimum absolute atomic E-state index is 0.589. The van der Waals surface area contributed by atoms with Gasteiger partial charge in [-0.15, -0.1) is 0 Å².